The molecule has 2 aliphatic rings. The second-order valence-electron chi connectivity index (χ2n) is 9.45. The summed E-state index contributed by atoms with van der Waals surface area (Å²) in [7, 11) is 1.64. The maximum Gasteiger partial charge on any atom is 0.273 e. The normalized spacial score (nSPS) is 21.9. The van der Waals surface area contributed by atoms with Crippen molar-refractivity contribution in [1.29, 1.82) is 0 Å². The molecule has 2 aromatic heterocycles. The van der Waals surface area contributed by atoms with Gasteiger partial charge in [-0.3, -0.25) is 4.79 Å². The lowest BCUT2D eigenvalue weighted by Crippen LogP contribution is -2.41. The Morgan fingerprint density at radius 3 is 2.70 bits per heavy atom. The highest BCUT2D eigenvalue weighted by Crippen LogP contribution is 2.41. The minimum Gasteiger partial charge on any atom is -0.354 e. The molecular formula is C26H31ClN4OS. The molecule has 1 aliphatic heterocycles. The molecular weight excluding hydrogens is 452 g/mol. The van der Waals surface area contributed by atoms with E-state index in [0.29, 0.717) is 16.6 Å². The van der Waals surface area contributed by atoms with Crippen molar-refractivity contribution >= 4 is 38.9 Å². The summed E-state index contributed by atoms with van der Waals surface area (Å²) in [6.45, 7) is 2.16. The van der Waals surface area contributed by atoms with E-state index >= 15 is 0 Å². The number of halogens is 1. The number of amides is 1. The second-order valence-corrected chi connectivity index (χ2v) is 10.9. The van der Waals surface area contributed by atoms with Crippen molar-refractivity contribution in [3.05, 3.63) is 46.7 Å². The molecule has 33 heavy (non-hydrogen) atoms. The first kappa shape index (κ1) is 22.8. The molecule has 0 spiro atoms. The molecule has 1 aliphatic carbocycles. The van der Waals surface area contributed by atoms with Gasteiger partial charge in [0.25, 0.3) is 5.91 Å². The van der Waals surface area contributed by atoms with Gasteiger partial charge in [0.05, 0.1) is 10.4 Å². The van der Waals surface area contributed by atoms with Crippen LogP contribution in [0.4, 0.5) is 0 Å². The Bertz CT molecular complexity index is 1120. The zero-order valence-electron chi connectivity index (χ0n) is 19.1. The number of nitrogens with one attached hydrogen (secondary N) is 2. The van der Waals surface area contributed by atoms with Crippen LogP contribution in [0, 0.1) is 17.8 Å². The predicted molar refractivity (Wildman–Crippen MR) is 136 cm³/mol. The van der Waals surface area contributed by atoms with Gasteiger partial charge in [0.1, 0.15) is 0 Å². The molecule has 1 saturated carbocycles. The maximum absolute atomic E-state index is 12.5. The fourth-order valence-electron chi connectivity index (χ4n) is 5.76. The molecule has 1 aromatic carbocycles. The molecule has 2 fully saturated rings. The number of nitrogens with zero attached hydrogens (tertiary/aromatic N) is 2. The summed E-state index contributed by atoms with van der Waals surface area (Å²) in [5.41, 5.74) is 2.52. The summed E-state index contributed by atoms with van der Waals surface area (Å²) in [6.07, 6.45) is 9.04. The average molecular weight is 483 g/mol. The highest BCUT2D eigenvalue weighted by molar-refractivity contribution is 7.22. The number of aromatic nitrogens is 2. The van der Waals surface area contributed by atoms with Crippen molar-refractivity contribution in [2.24, 2.45) is 17.8 Å². The molecule has 3 aromatic rings. The van der Waals surface area contributed by atoms with Gasteiger partial charge in [-0.05, 0) is 67.4 Å². The monoisotopic (exact) mass is 482 g/mol. The summed E-state index contributed by atoms with van der Waals surface area (Å²) < 4.78 is 0.919. The van der Waals surface area contributed by atoms with E-state index in [-0.39, 0.29) is 5.91 Å². The van der Waals surface area contributed by atoms with Crippen LogP contribution >= 0.6 is 22.9 Å². The van der Waals surface area contributed by atoms with Crippen molar-refractivity contribution < 1.29 is 4.79 Å². The van der Waals surface area contributed by atoms with E-state index in [1.165, 1.54) is 38.5 Å². The molecule has 2 unspecified atom stereocenters. The first-order chi connectivity index (χ1) is 16.1. The van der Waals surface area contributed by atoms with E-state index in [2.05, 4.69) is 26.9 Å². The molecule has 1 amide bonds. The van der Waals surface area contributed by atoms with Gasteiger partial charge in [-0.25, -0.2) is 0 Å². The summed E-state index contributed by atoms with van der Waals surface area (Å²) in [5, 5.41) is 17.1. The average Bonchev–Trinajstić information content (AvgIpc) is 3.31. The van der Waals surface area contributed by atoms with Crippen LogP contribution in [-0.4, -0.2) is 36.2 Å². The topological polar surface area (TPSA) is 66.9 Å². The highest BCUT2D eigenvalue weighted by Gasteiger charge is 2.33. The van der Waals surface area contributed by atoms with E-state index in [1.54, 1.807) is 18.4 Å². The molecule has 2 N–H and O–H groups in total. The molecule has 2 atom stereocenters. The largest absolute Gasteiger partial charge is 0.354 e. The fraction of sp³-hybridized carbons (Fsp3) is 0.500. The third-order valence-electron chi connectivity index (χ3n) is 7.48. The number of fused-ring (bicyclic) bond motifs is 1. The molecule has 5 nitrogen and oxygen atoms in total. The molecule has 5 rings (SSSR count). The Balaban J connectivity index is 1.51. The van der Waals surface area contributed by atoms with Crippen molar-refractivity contribution in [3.63, 3.8) is 0 Å². The zero-order valence-corrected chi connectivity index (χ0v) is 20.6. The zero-order chi connectivity index (χ0) is 22.8. The summed E-state index contributed by atoms with van der Waals surface area (Å²) in [5.74, 6) is 1.95. The number of hydrogen-bond donors (Lipinski definition) is 2. The van der Waals surface area contributed by atoms with E-state index in [4.69, 9.17) is 11.6 Å². The second kappa shape index (κ2) is 10.1. The third-order valence-corrected chi connectivity index (χ3v) is 8.92. The molecule has 0 radical (unpaired) electrons. The molecule has 174 valence electrons. The Labute approximate surface area is 204 Å². The van der Waals surface area contributed by atoms with E-state index in [1.807, 2.05) is 24.3 Å². The number of rotatable bonds is 5. The summed E-state index contributed by atoms with van der Waals surface area (Å²) >= 11 is 7.71. The number of benzene rings is 1. The van der Waals surface area contributed by atoms with Gasteiger partial charge in [0.15, 0.2) is 5.69 Å². The Morgan fingerprint density at radius 1 is 1.15 bits per heavy atom. The minimum absolute atomic E-state index is 0.192. The highest BCUT2D eigenvalue weighted by atomic mass is 35.5. The molecule has 7 heteroatoms. The first-order valence-corrected chi connectivity index (χ1v) is 13.3. The van der Waals surface area contributed by atoms with Gasteiger partial charge in [0, 0.05) is 22.3 Å². The maximum atomic E-state index is 12.5. The SMILES string of the molecule is CNC(=O)c1nnc(CC2CNCCC2C2CCCCC2)c2cc(-c3ccc(Cl)cc3)sc12. The quantitative estimate of drug-likeness (QED) is 0.488. The van der Waals surface area contributed by atoms with Crippen LogP contribution in [-0.2, 0) is 6.42 Å². The van der Waals surface area contributed by atoms with Crippen molar-refractivity contribution in [3.8, 4) is 10.4 Å². The lowest BCUT2D eigenvalue weighted by atomic mass is 9.70. The number of hydrogen-bond acceptors (Lipinski definition) is 5. The van der Waals surface area contributed by atoms with Crippen LogP contribution in [0.3, 0.4) is 0 Å². The lowest BCUT2D eigenvalue weighted by molar-refractivity contribution is 0.0959. The van der Waals surface area contributed by atoms with Crippen LogP contribution < -0.4 is 10.6 Å². The molecule has 1 saturated heterocycles. The number of carbonyl (C=O) groups is 1. The fourth-order valence-corrected chi connectivity index (χ4v) is 7.06. The van der Waals surface area contributed by atoms with Crippen molar-refractivity contribution in [2.45, 2.75) is 44.9 Å². The van der Waals surface area contributed by atoms with Gasteiger partial charge in [0.2, 0.25) is 0 Å². The smallest absolute Gasteiger partial charge is 0.273 e. The standard InChI is InChI=1S/C26H31ClN4OS/c1-28-26(32)24-25-21(14-23(33-25)17-7-9-19(27)10-8-17)22(30-31-24)13-18-15-29-12-11-20(18)16-5-3-2-4-6-16/h7-10,14,16,18,20,29H,2-6,11-13,15H2,1H3,(H,28,32). The lowest BCUT2D eigenvalue weighted by Gasteiger charge is -2.39. The van der Waals surface area contributed by atoms with Gasteiger partial charge in [-0.1, -0.05) is 55.8 Å². The van der Waals surface area contributed by atoms with Crippen LogP contribution in [0.15, 0.2) is 30.3 Å². The van der Waals surface area contributed by atoms with Gasteiger partial charge >= 0.3 is 0 Å². The Kier molecular flexibility index (Phi) is 6.95. The van der Waals surface area contributed by atoms with Gasteiger partial charge in [-0.2, -0.15) is 5.10 Å². The number of carbonyl (C=O) groups excluding carboxylic acids is 1. The Hall–Kier alpha value is -2.02. The van der Waals surface area contributed by atoms with Crippen LogP contribution in [0.2, 0.25) is 5.02 Å². The van der Waals surface area contributed by atoms with Gasteiger partial charge in [-0.15, -0.1) is 16.4 Å². The summed E-state index contributed by atoms with van der Waals surface area (Å²) in [6, 6.07) is 10.0. The van der Waals surface area contributed by atoms with Crippen LogP contribution in [0.5, 0.6) is 0 Å². The number of piperidine rings is 1. The van der Waals surface area contributed by atoms with E-state index in [0.717, 1.165) is 57.6 Å². The minimum atomic E-state index is -0.192. The molecule has 3 heterocycles. The number of thiophene rings is 1. The van der Waals surface area contributed by atoms with Crippen molar-refractivity contribution in [1.82, 2.24) is 20.8 Å². The first-order valence-electron chi connectivity index (χ1n) is 12.1. The Morgan fingerprint density at radius 2 is 1.94 bits per heavy atom. The predicted octanol–water partition coefficient (Wildman–Crippen LogP) is 5.72. The van der Waals surface area contributed by atoms with Crippen LogP contribution in [0.25, 0.3) is 20.5 Å². The molecule has 0 bridgehead atoms. The van der Waals surface area contributed by atoms with Gasteiger partial charge < -0.3 is 10.6 Å². The van der Waals surface area contributed by atoms with E-state index in [9.17, 15) is 4.79 Å². The third kappa shape index (κ3) is 4.79. The van der Waals surface area contributed by atoms with E-state index < -0.39 is 0 Å². The van der Waals surface area contributed by atoms with Crippen molar-refractivity contribution in [2.75, 3.05) is 20.1 Å². The summed E-state index contributed by atoms with van der Waals surface area (Å²) in [4.78, 5) is 13.6. The van der Waals surface area contributed by atoms with Crippen LogP contribution in [0.1, 0.15) is 54.7 Å².